The minimum atomic E-state index is -4.18. The molecule has 1 heterocycles. The second kappa shape index (κ2) is 7.12. The smallest absolute Gasteiger partial charge is 0.389 e. The average molecular weight is 290 g/mol. The van der Waals surface area contributed by atoms with Gasteiger partial charge in [-0.2, -0.15) is 13.2 Å². The third kappa shape index (κ3) is 5.90. The standard InChI is InChI=1S/C13H17F3N2O2/c1-2-4-10-7-9(12(19)20)8-11(18-10)17-6-3-5-13(14,15)16/h7-8H,2-6H2,1H3,(H,17,18)(H,19,20). The molecule has 0 fully saturated rings. The molecule has 7 heteroatoms. The molecule has 0 radical (unpaired) electrons. The Morgan fingerprint density at radius 2 is 2.10 bits per heavy atom. The summed E-state index contributed by atoms with van der Waals surface area (Å²) in [6.45, 7) is 2.03. The maximum Gasteiger partial charge on any atom is 0.389 e. The van der Waals surface area contributed by atoms with Crippen LogP contribution in [0.3, 0.4) is 0 Å². The zero-order valence-corrected chi connectivity index (χ0v) is 11.1. The fourth-order valence-electron chi connectivity index (χ4n) is 1.69. The van der Waals surface area contributed by atoms with Gasteiger partial charge < -0.3 is 10.4 Å². The van der Waals surface area contributed by atoms with Crippen LogP contribution < -0.4 is 5.32 Å². The van der Waals surface area contributed by atoms with Crippen molar-refractivity contribution in [2.45, 2.75) is 38.8 Å². The first-order chi connectivity index (χ1) is 9.31. The van der Waals surface area contributed by atoms with E-state index in [2.05, 4.69) is 10.3 Å². The van der Waals surface area contributed by atoms with E-state index in [0.29, 0.717) is 17.9 Å². The Labute approximate surface area is 115 Å². The van der Waals surface area contributed by atoms with Gasteiger partial charge in [-0.05, 0) is 25.0 Å². The van der Waals surface area contributed by atoms with Crippen LogP contribution in [0.5, 0.6) is 0 Å². The molecule has 0 aliphatic rings. The largest absolute Gasteiger partial charge is 0.478 e. The third-order valence-electron chi connectivity index (χ3n) is 2.57. The van der Waals surface area contributed by atoms with Crippen LogP contribution in [-0.4, -0.2) is 28.8 Å². The molecule has 1 aromatic rings. The van der Waals surface area contributed by atoms with Crippen molar-refractivity contribution in [3.63, 3.8) is 0 Å². The van der Waals surface area contributed by atoms with Gasteiger partial charge >= 0.3 is 12.1 Å². The van der Waals surface area contributed by atoms with Gasteiger partial charge in [0.15, 0.2) is 0 Å². The molecule has 0 amide bonds. The normalized spacial score (nSPS) is 11.4. The van der Waals surface area contributed by atoms with Gasteiger partial charge in [-0.15, -0.1) is 0 Å². The maximum absolute atomic E-state index is 12.0. The van der Waals surface area contributed by atoms with Gasteiger partial charge in [-0.1, -0.05) is 13.3 Å². The van der Waals surface area contributed by atoms with Crippen molar-refractivity contribution in [3.05, 3.63) is 23.4 Å². The fraction of sp³-hybridized carbons (Fsp3) is 0.538. The Balaban J connectivity index is 2.66. The molecule has 1 aromatic heterocycles. The second-order valence-electron chi connectivity index (χ2n) is 4.43. The van der Waals surface area contributed by atoms with Crippen molar-refractivity contribution >= 4 is 11.8 Å². The molecular formula is C13H17F3N2O2. The van der Waals surface area contributed by atoms with E-state index >= 15 is 0 Å². The summed E-state index contributed by atoms with van der Waals surface area (Å²) in [5, 5.41) is 11.7. The number of anilines is 1. The van der Waals surface area contributed by atoms with Crippen LogP contribution in [-0.2, 0) is 6.42 Å². The number of aromatic nitrogens is 1. The number of nitrogens with zero attached hydrogens (tertiary/aromatic N) is 1. The molecular weight excluding hydrogens is 273 g/mol. The van der Waals surface area contributed by atoms with Crippen molar-refractivity contribution in [1.29, 1.82) is 0 Å². The first-order valence-corrected chi connectivity index (χ1v) is 6.36. The molecule has 0 unspecified atom stereocenters. The molecule has 4 nitrogen and oxygen atoms in total. The highest BCUT2D eigenvalue weighted by molar-refractivity contribution is 5.88. The van der Waals surface area contributed by atoms with E-state index in [1.165, 1.54) is 12.1 Å². The lowest BCUT2D eigenvalue weighted by Gasteiger charge is -2.10. The Morgan fingerprint density at radius 1 is 1.40 bits per heavy atom. The van der Waals surface area contributed by atoms with Crippen LogP contribution in [0.25, 0.3) is 0 Å². The molecule has 0 spiro atoms. The minimum Gasteiger partial charge on any atom is -0.478 e. The maximum atomic E-state index is 12.0. The number of halogens is 3. The number of nitrogens with one attached hydrogen (secondary N) is 1. The van der Waals surface area contributed by atoms with Gasteiger partial charge in [0.1, 0.15) is 5.82 Å². The van der Waals surface area contributed by atoms with E-state index < -0.39 is 18.6 Å². The van der Waals surface area contributed by atoms with Crippen LogP contribution in [0.4, 0.5) is 19.0 Å². The fourth-order valence-corrected chi connectivity index (χ4v) is 1.69. The van der Waals surface area contributed by atoms with E-state index in [1.54, 1.807) is 0 Å². The third-order valence-corrected chi connectivity index (χ3v) is 2.57. The number of rotatable bonds is 7. The van der Waals surface area contributed by atoms with Gasteiger partial charge in [0.25, 0.3) is 0 Å². The van der Waals surface area contributed by atoms with Gasteiger partial charge in [-0.25, -0.2) is 9.78 Å². The number of aromatic carboxylic acids is 1. The number of pyridine rings is 1. The lowest BCUT2D eigenvalue weighted by Crippen LogP contribution is -2.12. The Hall–Kier alpha value is -1.79. The molecule has 0 saturated carbocycles. The summed E-state index contributed by atoms with van der Waals surface area (Å²) in [5.74, 6) is -0.779. The summed E-state index contributed by atoms with van der Waals surface area (Å²) in [4.78, 5) is 15.2. The number of carboxylic acids is 1. The van der Waals surface area contributed by atoms with E-state index in [0.717, 1.165) is 6.42 Å². The summed E-state index contributed by atoms with van der Waals surface area (Å²) in [6.07, 6.45) is -3.70. The van der Waals surface area contributed by atoms with E-state index in [-0.39, 0.29) is 18.5 Å². The predicted octanol–water partition coefficient (Wildman–Crippen LogP) is 3.49. The molecule has 20 heavy (non-hydrogen) atoms. The molecule has 0 aliphatic carbocycles. The molecule has 0 bridgehead atoms. The van der Waals surface area contributed by atoms with Crippen LogP contribution in [0, 0.1) is 0 Å². The highest BCUT2D eigenvalue weighted by atomic mass is 19.4. The highest BCUT2D eigenvalue weighted by Crippen LogP contribution is 2.21. The van der Waals surface area contributed by atoms with Gasteiger partial charge in [0, 0.05) is 18.7 Å². The quantitative estimate of drug-likeness (QED) is 0.755. The highest BCUT2D eigenvalue weighted by Gasteiger charge is 2.25. The Morgan fingerprint density at radius 3 is 2.65 bits per heavy atom. The SMILES string of the molecule is CCCc1cc(C(=O)O)cc(NCCCC(F)(F)F)n1. The monoisotopic (exact) mass is 290 g/mol. The summed E-state index contributed by atoms with van der Waals surface area (Å²) in [7, 11) is 0. The van der Waals surface area contributed by atoms with E-state index in [1.807, 2.05) is 6.92 Å². The Kier molecular flexibility index (Phi) is 5.79. The molecule has 1 rings (SSSR count). The molecule has 0 atom stereocenters. The Bertz CT molecular complexity index is 461. The molecule has 112 valence electrons. The topological polar surface area (TPSA) is 62.2 Å². The van der Waals surface area contributed by atoms with Gasteiger partial charge in [0.05, 0.1) is 5.56 Å². The van der Waals surface area contributed by atoms with Gasteiger partial charge in [-0.3, -0.25) is 0 Å². The van der Waals surface area contributed by atoms with Crippen molar-refractivity contribution in [3.8, 4) is 0 Å². The zero-order chi connectivity index (χ0) is 15.2. The van der Waals surface area contributed by atoms with Gasteiger partial charge in [0.2, 0.25) is 0 Å². The predicted molar refractivity (Wildman–Crippen MR) is 69.0 cm³/mol. The number of carboxylic acid groups (broad SMARTS) is 1. The van der Waals surface area contributed by atoms with E-state index in [4.69, 9.17) is 5.11 Å². The van der Waals surface area contributed by atoms with Crippen molar-refractivity contribution in [2.24, 2.45) is 0 Å². The molecule has 2 N–H and O–H groups in total. The summed E-state index contributed by atoms with van der Waals surface area (Å²) >= 11 is 0. The first-order valence-electron chi connectivity index (χ1n) is 6.36. The van der Waals surface area contributed by atoms with E-state index in [9.17, 15) is 18.0 Å². The number of aryl methyl sites for hydroxylation is 1. The van der Waals surface area contributed by atoms with Crippen molar-refractivity contribution < 1.29 is 23.1 Å². The van der Waals surface area contributed by atoms with Crippen molar-refractivity contribution in [1.82, 2.24) is 4.98 Å². The molecule has 0 aromatic carbocycles. The second-order valence-corrected chi connectivity index (χ2v) is 4.43. The number of hydrogen-bond acceptors (Lipinski definition) is 3. The van der Waals surface area contributed by atoms with Crippen LogP contribution in [0.2, 0.25) is 0 Å². The lowest BCUT2D eigenvalue weighted by atomic mass is 10.1. The van der Waals surface area contributed by atoms with Crippen molar-refractivity contribution in [2.75, 3.05) is 11.9 Å². The zero-order valence-electron chi connectivity index (χ0n) is 11.1. The molecule has 0 saturated heterocycles. The summed E-state index contributed by atoms with van der Waals surface area (Å²) in [5.41, 5.74) is 0.701. The van der Waals surface area contributed by atoms with Crippen LogP contribution >= 0.6 is 0 Å². The first kappa shape index (κ1) is 16.3. The number of carbonyl (C=O) groups is 1. The van der Waals surface area contributed by atoms with Crippen LogP contribution in [0.15, 0.2) is 12.1 Å². The number of hydrogen-bond donors (Lipinski definition) is 2. The molecule has 0 aliphatic heterocycles. The minimum absolute atomic E-state index is 0.0778. The summed E-state index contributed by atoms with van der Waals surface area (Å²) < 4.78 is 36.0. The number of alkyl halides is 3. The summed E-state index contributed by atoms with van der Waals surface area (Å²) in [6, 6.07) is 2.81. The van der Waals surface area contributed by atoms with Crippen LogP contribution in [0.1, 0.15) is 42.2 Å². The lowest BCUT2D eigenvalue weighted by molar-refractivity contribution is -0.134. The average Bonchev–Trinajstić information content (AvgIpc) is 2.33.